The van der Waals surface area contributed by atoms with Crippen LogP contribution in [0.1, 0.15) is 51.0 Å². The summed E-state index contributed by atoms with van der Waals surface area (Å²) >= 11 is 3.55. The maximum absolute atomic E-state index is 6.45. The Balaban J connectivity index is 2.36. The van der Waals surface area contributed by atoms with E-state index in [-0.39, 0.29) is 18.2 Å². The molecule has 0 aliphatic rings. The lowest BCUT2D eigenvalue weighted by molar-refractivity contribution is 0.242. The second-order valence-corrected chi connectivity index (χ2v) is 6.49. The van der Waals surface area contributed by atoms with Gasteiger partial charge in [0.1, 0.15) is 5.75 Å². The first-order chi connectivity index (χ1) is 9.90. The van der Waals surface area contributed by atoms with E-state index in [2.05, 4.69) is 34.9 Å². The topological polar surface area (TPSA) is 53.1 Å². The summed E-state index contributed by atoms with van der Waals surface area (Å²) in [5.74, 6) is 0.838. The minimum Gasteiger partial charge on any atom is -0.491 e. The van der Waals surface area contributed by atoms with Gasteiger partial charge in [-0.3, -0.25) is 4.68 Å². The van der Waals surface area contributed by atoms with Crippen LogP contribution in [-0.4, -0.2) is 15.9 Å². The molecule has 1 unspecified atom stereocenters. The van der Waals surface area contributed by atoms with Crippen molar-refractivity contribution < 1.29 is 4.74 Å². The van der Waals surface area contributed by atoms with Gasteiger partial charge in [0.25, 0.3) is 0 Å². The molecule has 1 atom stereocenters. The van der Waals surface area contributed by atoms with Crippen LogP contribution in [0, 0.1) is 0 Å². The Morgan fingerprint density at radius 1 is 1.24 bits per heavy atom. The molecule has 2 rings (SSSR count). The average Bonchev–Trinajstić information content (AvgIpc) is 2.79. The fourth-order valence-electron chi connectivity index (χ4n) is 2.26. The Kier molecular flexibility index (Phi) is 5.06. The highest BCUT2D eigenvalue weighted by Gasteiger charge is 2.20. The number of nitrogens with two attached hydrogens (primary N) is 1. The molecular weight excluding hydrogens is 330 g/mol. The van der Waals surface area contributed by atoms with E-state index in [1.807, 2.05) is 42.8 Å². The molecule has 114 valence electrons. The second kappa shape index (κ2) is 6.62. The quantitative estimate of drug-likeness (QED) is 0.883. The first-order valence-corrected chi connectivity index (χ1v) is 7.94. The van der Waals surface area contributed by atoms with Crippen molar-refractivity contribution >= 4 is 15.9 Å². The van der Waals surface area contributed by atoms with E-state index in [0.717, 1.165) is 21.5 Å². The van der Waals surface area contributed by atoms with Gasteiger partial charge in [0.2, 0.25) is 0 Å². The Bertz CT molecular complexity index is 607. The number of aromatic nitrogens is 2. The number of benzene rings is 1. The van der Waals surface area contributed by atoms with Crippen molar-refractivity contribution in [2.24, 2.45) is 5.73 Å². The first-order valence-electron chi connectivity index (χ1n) is 7.15. The molecule has 4 nitrogen and oxygen atoms in total. The highest BCUT2D eigenvalue weighted by molar-refractivity contribution is 9.10. The Morgan fingerprint density at radius 3 is 2.57 bits per heavy atom. The van der Waals surface area contributed by atoms with E-state index in [9.17, 15) is 0 Å². The molecule has 0 radical (unpaired) electrons. The van der Waals surface area contributed by atoms with E-state index in [4.69, 9.17) is 10.5 Å². The normalized spacial score (nSPS) is 13.0. The number of ether oxygens (including phenoxy) is 1. The summed E-state index contributed by atoms with van der Waals surface area (Å²) < 4.78 is 8.62. The number of hydrogen-bond acceptors (Lipinski definition) is 3. The van der Waals surface area contributed by atoms with E-state index in [0.29, 0.717) is 0 Å². The molecule has 1 aromatic heterocycles. The van der Waals surface area contributed by atoms with Crippen molar-refractivity contribution in [2.45, 2.75) is 45.9 Å². The molecular formula is C16H22BrN3O. The molecule has 0 aliphatic carbocycles. The van der Waals surface area contributed by atoms with Gasteiger partial charge in [0, 0.05) is 6.04 Å². The predicted octanol–water partition coefficient (Wildman–Crippen LogP) is 4.06. The first kappa shape index (κ1) is 16.0. The zero-order valence-corrected chi connectivity index (χ0v) is 14.5. The van der Waals surface area contributed by atoms with Gasteiger partial charge in [0.15, 0.2) is 0 Å². The fraction of sp³-hybridized carbons (Fsp3) is 0.438. The molecule has 0 bridgehead atoms. The smallest absolute Gasteiger partial charge is 0.120 e. The van der Waals surface area contributed by atoms with Crippen molar-refractivity contribution in [2.75, 3.05) is 0 Å². The van der Waals surface area contributed by atoms with Crippen LogP contribution in [0.4, 0.5) is 0 Å². The van der Waals surface area contributed by atoms with Crippen LogP contribution in [0.3, 0.4) is 0 Å². The van der Waals surface area contributed by atoms with Crippen LogP contribution in [0.25, 0.3) is 0 Å². The van der Waals surface area contributed by atoms with Gasteiger partial charge in [-0.25, -0.2) is 0 Å². The monoisotopic (exact) mass is 351 g/mol. The number of halogens is 1. The molecule has 2 aromatic rings. The predicted molar refractivity (Wildman–Crippen MR) is 88.5 cm³/mol. The van der Waals surface area contributed by atoms with E-state index < -0.39 is 0 Å². The van der Waals surface area contributed by atoms with Crippen LogP contribution in [-0.2, 0) is 0 Å². The summed E-state index contributed by atoms with van der Waals surface area (Å²) in [6, 6.07) is 7.94. The summed E-state index contributed by atoms with van der Waals surface area (Å²) in [6.45, 7) is 8.20. The zero-order valence-electron chi connectivity index (χ0n) is 12.9. The van der Waals surface area contributed by atoms with Gasteiger partial charge in [-0.1, -0.05) is 12.1 Å². The van der Waals surface area contributed by atoms with Gasteiger partial charge in [-0.15, -0.1) is 0 Å². The van der Waals surface area contributed by atoms with Gasteiger partial charge in [0.05, 0.1) is 28.5 Å². The summed E-state index contributed by atoms with van der Waals surface area (Å²) in [4.78, 5) is 0. The lowest BCUT2D eigenvalue weighted by Gasteiger charge is -2.19. The zero-order chi connectivity index (χ0) is 15.6. The molecule has 0 aliphatic heterocycles. The third kappa shape index (κ3) is 3.66. The summed E-state index contributed by atoms with van der Waals surface area (Å²) in [5.41, 5.74) is 8.44. The average molecular weight is 352 g/mol. The standard InChI is InChI=1S/C16H22BrN3O/c1-10(2)20-16(14(17)9-19-20)15(18)12-6-5-7-13(8-12)21-11(3)4/h5-11,15H,18H2,1-4H3. The Labute approximate surface area is 134 Å². The van der Waals surface area contributed by atoms with Crippen molar-refractivity contribution in [1.82, 2.24) is 9.78 Å². The van der Waals surface area contributed by atoms with Crippen molar-refractivity contribution in [3.8, 4) is 5.75 Å². The molecule has 21 heavy (non-hydrogen) atoms. The van der Waals surface area contributed by atoms with Crippen LogP contribution in [0.5, 0.6) is 5.75 Å². The van der Waals surface area contributed by atoms with Crippen LogP contribution in [0.15, 0.2) is 34.9 Å². The third-order valence-corrected chi connectivity index (χ3v) is 3.77. The van der Waals surface area contributed by atoms with E-state index in [1.54, 1.807) is 6.20 Å². The fourth-order valence-corrected chi connectivity index (χ4v) is 2.78. The summed E-state index contributed by atoms with van der Waals surface area (Å²) in [6.07, 6.45) is 1.94. The molecule has 2 N–H and O–H groups in total. The number of rotatable bonds is 5. The molecule has 0 saturated heterocycles. The van der Waals surface area contributed by atoms with E-state index >= 15 is 0 Å². The maximum Gasteiger partial charge on any atom is 0.120 e. The highest BCUT2D eigenvalue weighted by atomic mass is 79.9. The van der Waals surface area contributed by atoms with Crippen LogP contribution in [0.2, 0.25) is 0 Å². The minimum atomic E-state index is -0.250. The minimum absolute atomic E-state index is 0.143. The lowest BCUT2D eigenvalue weighted by atomic mass is 10.0. The molecule has 0 fully saturated rings. The molecule has 0 spiro atoms. The molecule has 0 amide bonds. The van der Waals surface area contributed by atoms with Gasteiger partial charge in [-0.2, -0.15) is 5.10 Å². The van der Waals surface area contributed by atoms with E-state index in [1.165, 1.54) is 0 Å². The van der Waals surface area contributed by atoms with Crippen molar-refractivity contribution in [3.05, 3.63) is 46.2 Å². The van der Waals surface area contributed by atoms with Gasteiger partial charge in [-0.05, 0) is 61.3 Å². The maximum atomic E-state index is 6.45. The van der Waals surface area contributed by atoms with Crippen molar-refractivity contribution in [1.29, 1.82) is 0 Å². The summed E-state index contributed by atoms with van der Waals surface area (Å²) in [5, 5.41) is 4.39. The number of nitrogens with zero attached hydrogens (tertiary/aromatic N) is 2. The largest absolute Gasteiger partial charge is 0.491 e. The second-order valence-electron chi connectivity index (χ2n) is 5.63. The summed E-state index contributed by atoms with van der Waals surface area (Å²) in [7, 11) is 0. The third-order valence-electron chi connectivity index (χ3n) is 3.16. The Morgan fingerprint density at radius 2 is 1.95 bits per heavy atom. The molecule has 1 aromatic carbocycles. The van der Waals surface area contributed by atoms with Gasteiger partial charge >= 0.3 is 0 Å². The molecule has 0 saturated carbocycles. The van der Waals surface area contributed by atoms with Crippen molar-refractivity contribution in [3.63, 3.8) is 0 Å². The number of hydrogen-bond donors (Lipinski definition) is 1. The van der Waals surface area contributed by atoms with Gasteiger partial charge < -0.3 is 10.5 Å². The Hall–Kier alpha value is -1.33. The lowest BCUT2D eigenvalue weighted by Crippen LogP contribution is -2.19. The van der Waals surface area contributed by atoms with Crippen LogP contribution < -0.4 is 10.5 Å². The molecule has 1 heterocycles. The SMILES string of the molecule is CC(C)Oc1cccc(C(N)c2c(Br)cnn2C(C)C)c1. The molecule has 5 heteroatoms. The van der Waals surface area contributed by atoms with Crippen LogP contribution >= 0.6 is 15.9 Å². The highest BCUT2D eigenvalue weighted by Crippen LogP contribution is 2.30.